The van der Waals surface area contributed by atoms with E-state index < -0.39 is 28.6 Å². The highest BCUT2D eigenvalue weighted by Gasteiger charge is 2.33. The fraction of sp³-hybridized carbons (Fsp3) is 0.154. The van der Waals surface area contributed by atoms with Crippen LogP contribution in [0.15, 0.2) is 28.8 Å². The third kappa shape index (κ3) is 4.22. The van der Waals surface area contributed by atoms with Crippen molar-refractivity contribution in [2.75, 3.05) is 10.6 Å². The van der Waals surface area contributed by atoms with Gasteiger partial charge in [0.2, 0.25) is 0 Å². The van der Waals surface area contributed by atoms with Crippen molar-refractivity contribution in [1.29, 1.82) is 0 Å². The second kappa shape index (κ2) is 6.29. The van der Waals surface area contributed by atoms with E-state index in [1.807, 2.05) is 5.32 Å². The molecule has 2 aromatic rings. The van der Waals surface area contributed by atoms with Gasteiger partial charge in [-0.15, -0.1) is 0 Å². The highest BCUT2D eigenvalue weighted by Crippen LogP contribution is 2.36. The van der Waals surface area contributed by atoms with E-state index in [2.05, 4.69) is 10.5 Å². The van der Waals surface area contributed by atoms with Crippen LogP contribution in [0.5, 0.6) is 0 Å². The molecule has 0 unspecified atom stereocenters. The topological polar surface area (TPSA) is 84.2 Å². The molecule has 0 aliphatic heterocycles. The Bertz CT molecular complexity index is 758. The van der Waals surface area contributed by atoms with Crippen molar-refractivity contribution in [2.45, 2.75) is 13.1 Å². The number of carbonyl (C=O) groups is 2. The summed E-state index contributed by atoms with van der Waals surface area (Å²) in [5.74, 6) is -1.86. The zero-order chi connectivity index (χ0) is 17.2. The highest BCUT2D eigenvalue weighted by atomic mass is 35.5. The summed E-state index contributed by atoms with van der Waals surface area (Å²) in [5, 5.41) is 7.11. The lowest BCUT2D eigenvalue weighted by molar-refractivity contribution is -0.137. The molecule has 0 fully saturated rings. The molecule has 0 aliphatic rings. The van der Waals surface area contributed by atoms with Crippen LogP contribution in [0.2, 0.25) is 5.02 Å². The van der Waals surface area contributed by atoms with Crippen molar-refractivity contribution >= 4 is 34.9 Å². The van der Waals surface area contributed by atoms with Crippen LogP contribution < -0.4 is 10.6 Å². The average Bonchev–Trinajstić information content (AvgIpc) is 2.85. The van der Waals surface area contributed by atoms with Crippen molar-refractivity contribution in [3.05, 3.63) is 40.6 Å². The van der Waals surface area contributed by atoms with Gasteiger partial charge in [0.05, 0.1) is 10.6 Å². The van der Waals surface area contributed by atoms with Gasteiger partial charge in [0, 0.05) is 11.8 Å². The minimum absolute atomic E-state index is 0.00902. The van der Waals surface area contributed by atoms with Gasteiger partial charge in [-0.2, -0.15) is 13.2 Å². The largest absolute Gasteiger partial charge is 0.417 e. The van der Waals surface area contributed by atoms with E-state index in [1.54, 1.807) is 6.92 Å². The third-order valence-electron chi connectivity index (χ3n) is 2.61. The zero-order valence-corrected chi connectivity index (χ0v) is 12.2. The molecule has 6 nitrogen and oxygen atoms in total. The molecule has 2 N–H and O–H groups in total. The molecule has 0 saturated heterocycles. The number of aromatic nitrogens is 1. The van der Waals surface area contributed by atoms with Gasteiger partial charge >= 0.3 is 18.0 Å². The Morgan fingerprint density at radius 1 is 1.17 bits per heavy atom. The number of hydrogen-bond donors (Lipinski definition) is 2. The summed E-state index contributed by atoms with van der Waals surface area (Å²) in [6.07, 6.45) is -4.68. The number of nitrogens with zero attached hydrogens (tertiary/aromatic N) is 1. The van der Waals surface area contributed by atoms with Gasteiger partial charge in [-0.05, 0) is 25.1 Å². The van der Waals surface area contributed by atoms with Crippen LogP contribution in [0.25, 0.3) is 0 Å². The number of carbonyl (C=O) groups excluding carboxylic acids is 2. The Morgan fingerprint density at radius 2 is 1.83 bits per heavy atom. The van der Waals surface area contributed by atoms with Gasteiger partial charge in [0.25, 0.3) is 0 Å². The van der Waals surface area contributed by atoms with Crippen LogP contribution in [-0.2, 0) is 15.8 Å². The van der Waals surface area contributed by atoms with Gasteiger partial charge in [-0.25, -0.2) is 0 Å². The smallest absolute Gasteiger partial charge is 0.360 e. The Labute approximate surface area is 132 Å². The first-order valence-corrected chi connectivity index (χ1v) is 6.47. The summed E-state index contributed by atoms with van der Waals surface area (Å²) in [6, 6.07) is 4.12. The Morgan fingerprint density at radius 3 is 2.39 bits per heavy atom. The van der Waals surface area contributed by atoms with Gasteiger partial charge in [0.15, 0.2) is 5.82 Å². The number of nitrogens with one attached hydrogen (secondary N) is 2. The highest BCUT2D eigenvalue weighted by molar-refractivity contribution is 6.43. The van der Waals surface area contributed by atoms with Crippen LogP contribution in [0.1, 0.15) is 11.3 Å². The number of halogens is 4. The van der Waals surface area contributed by atoms with Gasteiger partial charge in [0.1, 0.15) is 5.76 Å². The van der Waals surface area contributed by atoms with Crippen molar-refractivity contribution < 1.29 is 27.3 Å². The molecule has 0 bridgehead atoms. The molecule has 0 atom stereocenters. The molecular formula is C13H9ClF3N3O3. The quantitative estimate of drug-likeness (QED) is 0.817. The van der Waals surface area contributed by atoms with E-state index in [1.165, 1.54) is 6.07 Å². The first-order chi connectivity index (χ1) is 10.7. The number of rotatable bonds is 2. The van der Waals surface area contributed by atoms with Crippen LogP contribution >= 0.6 is 11.6 Å². The zero-order valence-electron chi connectivity index (χ0n) is 11.5. The Hall–Kier alpha value is -2.55. The van der Waals surface area contributed by atoms with Crippen molar-refractivity contribution in [1.82, 2.24) is 5.16 Å². The van der Waals surface area contributed by atoms with Crippen LogP contribution in [-0.4, -0.2) is 17.0 Å². The molecule has 0 spiro atoms. The molecule has 0 radical (unpaired) electrons. The number of benzene rings is 1. The molecule has 2 rings (SSSR count). The summed E-state index contributed by atoms with van der Waals surface area (Å²) in [7, 11) is 0. The summed E-state index contributed by atoms with van der Waals surface area (Å²) in [6.45, 7) is 1.58. The van der Waals surface area contributed by atoms with E-state index >= 15 is 0 Å². The Kier molecular flexibility index (Phi) is 4.60. The monoisotopic (exact) mass is 347 g/mol. The van der Waals surface area contributed by atoms with E-state index in [0.717, 1.165) is 12.1 Å². The maximum atomic E-state index is 12.7. The molecule has 10 heteroatoms. The van der Waals surface area contributed by atoms with Crippen molar-refractivity contribution in [3.63, 3.8) is 0 Å². The fourth-order valence-electron chi connectivity index (χ4n) is 1.61. The molecule has 1 aromatic carbocycles. The lowest BCUT2D eigenvalue weighted by atomic mass is 10.2. The second-order valence-corrected chi connectivity index (χ2v) is 4.83. The van der Waals surface area contributed by atoms with E-state index in [9.17, 15) is 22.8 Å². The number of aryl methyl sites for hydroxylation is 1. The maximum absolute atomic E-state index is 12.7. The normalized spacial score (nSPS) is 11.2. The van der Waals surface area contributed by atoms with E-state index in [-0.39, 0.29) is 11.5 Å². The minimum atomic E-state index is -4.68. The SMILES string of the molecule is Cc1cc(NC(=O)C(=O)Nc2ccc(Cl)c(C(F)(F)F)c2)no1. The van der Waals surface area contributed by atoms with Crippen molar-refractivity contribution in [3.8, 4) is 0 Å². The fourth-order valence-corrected chi connectivity index (χ4v) is 1.83. The molecule has 1 heterocycles. The van der Waals surface area contributed by atoms with Crippen LogP contribution in [0.4, 0.5) is 24.7 Å². The first kappa shape index (κ1) is 16.8. The van der Waals surface area contributed by atoms with Crippen LogP contribution in [0.3, 0.4) is 0 Å². The summed E-state index contributed by atoms with van der Waals surface area (Å²) < 4.78 is 42.9. The summed E-state index contributed by atoms with van der Waals surface area (Å²) >= 11 is 5.46. The van der Waals surface area contributed by atoms with Gasteiger partial charge in [-0.3, -0.25) is 14.9 Å². The summed E-state index contributed by atoms with van der Waals surface area (Å²) in [4.78, 5) is 23.3. The van der Waals surface area contributed by atoms with Crippen molar-refractivity contribution in [2.24, 2.45) is 0 Å². The number of anilines is 2. The van der Waals surface area contributed by atoms with Gasteiger partial charge < -0.3 is 9.84 Å². The van der Waals surface area contributed by atoms with Gasteiger partial charge in [-0.1, -0.05) is 16.8 Å². The Balaban J connectivity index is 2.09. The predicted octanol–water partition coefficient (Wildman–Crippen LogP) is 3.23. The first-order valence-electron chi connectivity index (χ1n) is 6.09. The molecule has 0 saturated carbocycles. The van der Waals surface area contributed by atoms with E-state index in [4.69, 9.17) is 16.1 Å². The molecule has 23 heavy (non-hydrogen) atoms. The average molecular weight is 348 g/mol. The lowest BCUT2D eigenvalue weighted by Crippen LogP contribution is -2.29. The molecule has 122 valence electrons. The molecule has 0 aliphatic carbocycles. The molecule has 2 amide bonds. The summed E-state index contributed by atoms with van der Waals surface area (Å²) in [5.41, 5.74) is -1.34. The predicted molar refractivity (Wildman–Crippen MR) is 75.0 cm³/mol. The maximum Gasteiger partial charge on any atom is 0.417 e. The molecule has 1 aromatic heterocycles. The number of hydrogen-bond acceptors (Lipinski definition) is 4. The van der Waals surface area contributed by atoms with E-state index in [0.29, 0.717) is 11.8 Å². The number of alkyl halides is 3. The lowest BCUT2D eigenvalue weighted by Gasteiger charge is -2.11. The molecular weight excluding hydrogens is 339 g/mol. The van der Waals surface area contributed by atoms with Crippen LogP contribution in [0, 0.1) is 6.92 Å². The third-order valence-corrected chi connectivity index (χ3v) is 2.94. The number of amides is 2. The minimum Gasteiger partial charge on any atom is -0.360 e. The standard InChI is InChI=1S/C13H9ClF3N3O3/c1-6-4-10(20-23-6)19-12(22)11(21)18-7-2-3-9(14)8(5-7)13(15,16)17/h2-5H,1H3,(H,18,21)(H,19,20,22). The second-order valence-electron chi connectivity index (χ2n) is 4.42.